The standard InChI is InChI=1S/C17H32O4/c1-4-7-11-15(6-3)21-17(19)13-10-9-12-16(18)20-14-8-5-2/h15H,4-14H2,1-3H3. The smallest absolute Gasteiger partial charge is 0.306 e. The van der Waals surface area contributed by atoms with E-state index in [0.29, 0.717) is 32.3 Å². The predicted molar refractivity (Wildman–Crippen MR) is 84.0 cm³/mol. The first-order chi connectivity index (χ1) is 10.1. The Hall–Kier alpha value is -1.06. The van der Waals surface area contributed by atoms with Crippen LogP contribution >= 0.6 is 0 Å². The van der Waals surface area contributed by atoms with Gasteiger partial charge in [-0.3, -0.25) is 9.59 Å². The monoisotopic (exact) mass is 300 g/mol. The van der Waals surface area contributed by atoms with E-state index in [1.807, 2.05) is 6.92 Å². The summed E-state index contributed by atoms with van der Waals surface area (Å²) in [5, 5.41) is 0. The zero-order valence-electron chi connectivity index (χ0n) is 14.0. The molecule has 0 bridgehead atoms. The third-order valence-corrected chi connectivity index (χ3v) is 3.41. The lowest BCUT2D eigenvalue weighted by atomic mass is 10.1. The molecule has 0 spiro atoms. The van der Waals surface area contributed by atoms with Crippen LogP contribution in [0.15, 0.2) is 0 Å². The minimum Gasteiger partial charge on any atom is -0.466 e. The van der Waals surface area contributed by atoms with E-state index in [9.17, 15) is 9.59 Å². The van der Waals surface area contributed by atoms with Crippen LogP contribution in [0.2, 0.25) is 0 Å². The molecule has 0 saturated carbocycles. The molecule has 0 saturated heterocycles. The summed E-state index contributed by atoms with van der Waals surface area (Å²) in [5.41, 5.74) is 0. The Morgan fingerprint density at radius 2 is 1.48 bits per heavy atom. The number of ether oxygens (including phenoxy) is 2. The Morgan fingerprint density at radius 3 is 2.05 bits per heavy atom. The van der Waals surface area contributed by atoms with Gasteiger partial charge >= 0.3 is 11.9 Å². The van der Waals surface area contributed by atoms with Gasteiger partial charge in [0.1, 0.15) is 6.10 Å². The fourth-order valence-electron chi connectivity index (χ4n) is 1.96. The van der Waals surface area contributed by atoms with Crippen LogP contribution in [0.4, 0.5) is 0 Å². The number of hydrogen-bond donors (Lipinski definition) is 0. The third kappa shape index (κ3) is 12.4. The van der Waals surface area contributed by atoms with Crippen LogP contribution in [0.25, 0.3) is 0 Å². The van der Waals surface area contributed by atoms with E-state index in [1.54, 1.807) is 0 Å². The molecule has 0 rings (SSSR count). The number of carbonyl (C=O) groups is 2. The molecule has 0 aromatic carbocycles. The van der Waals surface area contributed by atoms with Gasteiger partial charge in [-0.15, -0.1) is 0 Å². The summed E-state index contributed by atoms with van der Waals surface area (Å²) in [7, 11) is 0. The lowest BCUT2D eigenvalue weighted by Gasteiger charge is -2.15. The first-order valence-corrected chi connectivity index (χ1v) is 8.49. The minimum absolute atomic E-state index is 0.0523. The average Bonchev–Trinajstić information content (AvgIpc) is 2.48. The van der Waals surface area contributed by atoms with Crippen LogP contribution in [0, 0.1) is 0 Å². The molecule has 0 aliphatic rings. The van der Waals surface area contributed by atoms with Gasteiger partial charge in [-0.25, -0.2) is 0 Å². The summed E-state index contributed by atoms with van der Waals surface area (Å²) in [6.07, 6.45) is 8.18. The Balaban J connectivity index is 3.62. The molecule has 21 heavy (non-hydrogen) atoms. The van der Waals surface area contributed by atoms with E-state index in [4.69, 9.17) is 9.47 Å². The molecule has 4 heteroatoms. The second-order valence-electron chi connectivity index (χ2n) is 5.44. The molecule has 0 aliphatic carbocycles. The average molecular weight is 300 g/mol. The van der Waals surface area contributed by atoms with Crippen LogP contribution in [-0.2, 0) is 19.1 Å². The summed E-state index contributed by atoms with van der Waals surface area (Å²) in [4.78, 5) is 23.1. The highest BCUT2D eigenvalue weighted by molar-refractivity contribution is 5.70. The van der Waals surface area contributed by atoms with Gasteiger partial charge in [0, 0.05) is 12.8 Å². The molecular weight excluding hydrogens is 268 g/mol. The molecule has 0 N–H and O–H groups in total. The van der Waals surface area contributed by atoms with Crippen LogP contribution in [0.1, 0.15) is 85.0 Å². The molecule has 1 unspecified atom stereocenters. The molecule has 0 fully saturated rings. The largest absolute Gasteiger partial charge is 0.466 e. The topological polar surface area (TPSA) is 52.6 Å². The Kier molecular flexibility index (Phi) is 13.2. The number of rotatable bonds is 13. The summed E-state index contributed by atoms with van der Waals surface area (Å²) in [5.74, 6) is -0.302. The second kappa shape index (κ2) is 13.9. The normalized spacial score (nSPS) is 12.0. The quantitative estimate of drug-likeness (QED) is 0.373. The van der Waals surface area contributed by atoms with Crippen LogP contribution in [0.5, 0.6) is 0 Å². The summed E-state index contributed by atoms with van der Waals surface area (Å²) in [6, 6.07) is 0. The van der Waals surface area contributed by atoms with E-state index in [-0.39, 0.29) is 18.0 Å². The third-order valence-electron chi connectivity index (χ3n) is 3.41. The van der Waals surface area contributed by atoms with Crippen molar-refractivity contribution >= 4 is 11.9 Å². The van der Waals surface area contributed by atoms with E-state index in [2.05, 4.69) is 13.8 Å². The van der Waals surface area contributed by atoms with Gasteiger partial charge in [-0.2, -0.15) is 0 Å². The van der Waals surface area contributed by atoms with E-state index >= 15 is 0 Å². The molecule has 0 aliphatic heterocycles. The van der Waals surface area contributed by atoms with E-state index in [1.165, 1.54) is 0 Å². The fraction of sp³-hybridized carbons (Fsp3) is 0.882. The molecule has 4 nitrogen and oxygen atoms in total. The molecule has 0 heterocycles. The first-order valence-electron chi connectivity index (χ1n) is 8.49. The van der Waals surface area contributed by atoms with Crippen LogP contribution in [0.3, 0.4) is 0 Å². The van der Waals surface area contributed by atoms with E-state index < -0.39 is 0 Å². The maximum Gasteiger partial charge on any atom is 0.306 e. The molecular formula is C17H32O4. The van der Waals surface area contributed by atoms with Gasteiger partial charge < -0.3 is 9.47 Å². The summed E-state index contributed by atoms with van der Waals surface area (Å²) < 4.78 is 10.5. The van der Waals surface area contributed by atoms with Crippen molar-refractivity contribution in [2.24, 2.45) is 0 Å². The van der Waals surface area contributed by atoms with Crippen molar-refractivity contribution in [2.75, 3.05) is 6.61 Å². The Labute approximate surface area is 129 Å². The van der Waals surface area contributed by atoms with Crippen molar-refractivity contribution in [3.8, 4) is 0 Å². The Bertz CT molecular complexity index is 276. The molecule has 124 valence electrons. The summed E-state index contributed by atoms with van der Waals surface area (Å²) >= 11 is 0. The van der Waals surface area contributed by atoms with Crippen LogP contribution in [-0.4, -0.2) is 24.6 Å². The van der Waals surface area contributed by atoms with Crippen molar-refractivity contribution in [1.82, 2.24) is 0 Å². The lowest BCUT2D eigenvalue weighted by Crippen LogP contribution is -2.17. The van der Waals surface area contributed by atoms with Crippen molar-refractivity contribution in [3.63, 3.8) is 0 Å². The number of esters is 2. The molecule has 0 radical (unpaired) electrons. The fourth-order valence-corrected chi connectivity index (χ4v) is 1.96. The molecule has 0 amide bonds. The highest BCUT2D eigenvalue weighted by Crippen LogP contribution is 2.11. The van der Waals surface area contributed by atoms with Gasteiger partial charge in [0.25, 0.3) is 0 Å². The number of carbonyl (C=O) groups excluding carboxylic acids is 2. The van der Waals surface area contributed by atoms with Gasteiger partial charge in [0.2, 0.25) is 0 Å². The molecule has 0 aromatic rings. The lowest BCUT2D eigenvalue weighted by molar-refractivity contribution is -0.150. The zero-order chi connectivity index (χ0) is 15.9. The zero-order valence-corrected chi connectivity index (χ0v) is 14.0. The second-order valence-corrected chi connectivity index (χ2v) is 5.44. The number of hydrogen-bond acceptors (Lipinski definition) is 4. The van der Waals surface area contributed by atoms with Crippen molar-refractivity contribution in [3.05, 3.63) is 0 Å². The predicted octanol–water partition coefficient (Wildman–Crippen LogP) is 4.40. The van der Waals surface area contributed by atoms with Gasteiger partial charge in [0.15, 0.2) is 0 Å². The summed E-state index contributed by atoms with van der Waals surface area (Å²) in [6.45, 7) is 6.74. The Morgan fingerprint density at radius 1 is 0.857 bits per heavy atom. The minimum atomic E-state index is -0.161. The maximum absolute atomic E-state index is 11.7. The SMILES string of the molecule is CCCCOC(=O)CCCCC(=O)OC(CC)CCCC. The molecule has 0 aromatic heterocycles. The maximum atomic E-state index is 11.7. The van der Waals surface area contributed by atoms with Gasteiger partial charge in [-0.1, -0.05) is 40.0 Å². The van der Waals surface area contributed by atoms with E-state index in [0.717, 1.165) is 38.5 Å². The van der Waals surface area contributed by atoms with Crippen molar-refractivity contribution < 1.29 is 19.1 Å². The van der Waals surface area contributed by atoms with Gasteiger partial charge in [-0.05, 0) is 32.1 Å². The first kappa shape index (κ1) is 19.9. The van der Waals surface area contributed by atoms with Crippen LogP contribution < -0.4 is 0 Å². The van der Waals surface area contributed by atoms with Crippen molar-refractivity contribution in [2.45, 2.75) is 91.1 Å². The highest BCUT2D eigenvalue weighted by atomic mass is 16.5. The van der Waals surface area contributed by atoms with Gasteiger partial charge in [0.05, 0.1) is 6.61 Å². The highest BCUT2D eigenvalue weighted by Gasteiger charge is 2.12. The number of unbranched alkanes of at least 4 members (excludes halogenated alkanes) is 3. The molecule has 1 atom stereocenters. The van der Waals surface area contributed by atoms with Crippen molar-refractivity contribution in [1.29, 1.82) is 0 Å².